The van der Waals surface area contributed by atoms with Crippen LogP contribution in [-0.4, -0.2) is 49.6 Å². The summed E-state index contributed by atoms with van der Waals surface area (Å²) >= 11 is 5.87. The van der Waals surface area contributed by atoms with Crippen molar-refractivity contribution in [1.82, 2.24) is 4.90 Å². The fraction of sp³-hybridized carbons (Fsp3) is 0.462. The van der Waals surface area contributed by atoms with Gasteiger partial charge in [0.15, 0.2) is 0 Å². The van der Waals surface area contributed by atoms with Crippen LogP contribution in [0.4, 0.5) is 0 Å². The number of rotatable bonds is 3. The standard InChI is InChI=1S/C13H16ClNO3/c1-17-12-4-2-3-10(7-12)13(16)15-5-6-18-9-11(15)8-14/h2-4,7,11H,5-6,8-9H2,1H3. The molecule has 18 heavy (non-hydrogen) atoms. The number of alkyl halides is 1. The van der Waals surface area contributed by atoms with E-state index in [0.717, 1.165) is 0 Å². The molecule has 0 aromatic heterocycles. The van der Waals surface area contributed by atoms with E-state index in [9.17, 15) is 4.79 Å². The van der Waals surface area contributed by atoms with Crippen molar-refractivity contribution in [3.05, 3.63) is 29.8 Å². The quantitative estimate of drug-likeness (QED) is 0.785. The Morgan fingerprint density at radius 2 is 2.44 bits per heavy atom. The van der Waals surface area contributed by atoms with Crippen LogP contribution in [0.1, 0.15) is 10.4 Å². The van der Waals surface area contributed by atoms with Gasteiger partial charge in [0.1, 0.15) is 5.75 Å². The smallest absolute Gasteiger partial charge is 0.254 e. The number of carbonyl (C=O) groups excluding carboxylic acids is 1. The fourth-order valence-corrected chi connectivity index (χ4v) is 2.23. The molecule has 98 valence electrons. The van der Waals surface area contributed by atoms with Crippen LogP contribution in [0.2, 0.25) is 0 Å². The molecular formula is C13H16ClNO3. The Morgan fingerprint density at radius 1 is 1.61 bits per heavy atom. The number of methoxy groups -OCH3 is 1. The summed E-state index contributed by atoms with van der Waals surface area (Å²) < 4.78 is 10.5. The lowest BCUT2D eigenvalue weighted by Crippen LogP contribution is -2.49. The van der Waals surface area contributed by atoms with Gasteiger partial charge >= 0.3 is 0 Å². The molecule has 0 aliphatic carbocycles. The third-order valence-electron chi connectivity index (χ3n) is 2.98. The van der Waals surface area contributed by atoms with Crippen molar-refractivity contribution in [3.8, 4) is 5.75 Å². The van der Waals surface area contributed by atoms with E-state index in [0.29, 0.717) is 37.0 Å². The monoisotopic (exact) mass is 269 g/mol. The molecule has 1 aliphatic rings. The average Bonchev–Trinajstić information content (AvgIpc) is 2.46. The number of hydrogen-bond donors (Lipinski definition) is 0. The molecule has 0 spiro atoms. The molecule has 0 saturated carbocycles. The molecule has 1 unspecified atom stereocenters. The molecule has 5 heteroatoms. The average molecular weight is 270 g/mol. The maximum atomic E-state index is 12.4. The first kappa shape index (κ1) is 13.2. The highest BCUT2D eigenvalue weighted by atomic mass is 35.5. The lowest BCUT2D eigenvalue weighted by molar-refractivity contribution is 0.00455. The molecule has 2 rings (SSSR count). The van der Waals surface area contributed by atoms with Gasteiger partial charge in [-0.1, -0.05) is 6.07 Å². The Bertz CT molecular complexity index is 424. The molecule has 1 atom stereocenters. The van der Waals surface area contributed by atoms with Crippen LogP contribution in [-0.2, 0) is 4.74 Å². The summed E-state index contributed by atoms with van der Waals surface area (Å²) in [5.41, 5.74) is 0.617. The van der Waals surface area contributed by atoms with Gasteiger partial charge in [0.05, 0.1) is 26.4 Å². The summed E-state index contributed by atoms with van der Waals surface area (Å²) in [5.74, 6) is 1.04. The second kappa shape index (κ2) is 6.07. The van der Waals surface area contributed by atoms with E-state index in [1.54, 1.807) is 24.1 Å². The maximum Gasteiger partial charge on any atom is 0.254 e. The van der Waals surface area contributed by atoms with Crippen molar-refractivity contribution in [3.63, 3.8) is 0 Å². The first-order chi connectivity index (χ1) is 8.76. The van der Waals surface area contributed by atoms with Gasteiger partial charge in [0.25, 0.3) is 5.91 Å². The van der Waals surface area contributed by atoms with Gasteiger partial charge in [0, 0.05) is 18.0 Å². The zero-order valence-corrected chi connectivity index (χ0v) is 11.0. The number of hydrogen-bond acceptors (Lipinski definition) is 3. The minimum absolute atomic E-state index is 0.0251. The van der Waals surface area contributed by atoms with Crippen molar-refractivity contribution in [1.29, 1.82) is 0 Å². The number of benzene rings is 1. The number of carbonyl (C=O) groups is 1. The predicted molar refractivity (Wildman–Crippen MR) is 69.4 cm³/mol. The van der Waals surface area contributed by atoms with Gasteiger partial charge in [-0.15, -0.1) is 11.6 Å². The number of amides is 1. The largest absolute Gasteiger partial charge is 0.497 e. The van der Waals surface area contributed by atoms with Crippen molar-refractivity contribution in [2.45, 2.75) is 6.04 Å². The molecule has 1 aromatic carbocycles. The molecule has 0 radical (unpaired) electrons. The van der Waals surface area contributed by atoms with E-state index in [1.165, 1.54) is 0 Å². The van der Waals surface area contributed by atoms with Crippen molar-refractivity contribution in [2.75, 3.05) is 32.7 Å². The minimum Gasteiger partial charge on any atom is -0.497 e. The highest BCUT2D eigenvalue weighted by Gasteiger charge is 2.27. The highest BCUT2D eigenvalue weighted by Crippen LogP contribution is 2.17. The normalized spacial score (nSPS) is 19.7. The number of morpholine rings is 1. The molecule has 0 N–H and O–H groups in total. The number of halogens is 1. The van der Waals surface area contributed by atoms with Crippen LogP contribution in [0.15, 0.2) is 24.3 Å². The first-order valence-electron chi connectivity index (χ1n) is 5.85. The van der Waals surface area contributed by atoms with Crippen LogP contribution in [0, 0.1) is 0 Å². The summed E-state index contributed by atoms with van der Waals surface area (Å²) in [5, 5.41) is 0. The Labute approximate surface area is 111 Å². The SMILES string of the molecule is COc1cccc(C(=O)N2CCOCC2CCl)c1. The molecule has 1 saturated heterocycles. The van der Waals surface area contributed by atoms with Crippen LogP contribution in [0.5, 0.6) is 5.75 Å². The van der Waals surface area contributed by atoms with Gasteiger partial charge in [0.2, 0.25) is 0 Å². The van der Waals surface area contributed by atoms with Crippen LogP contribution in [0.3, 0.4) is 0 Å². The van der Waals surface area contributed by atoms with E-state index < -0.39 is 0 Å². The topological polar surface area (TPSA) is 38.8 Å². The highest BCUT2D eigenvalue weighted by molar-refractivity contribution is 6.18. The van der Waals surface area contributed by atoms with Gasteiger partial charge in [-0.3, -0.25) is 4.79 Å². The molecule has 4 nitrogen and oxygen atoms in total. The van der Waals surface area contributed by atoms with E-state index in [-0.39, 0.29) is 11.9 Å². The lowest BCUT2D eigenvalue weighted by atomic mass is 10.1. The van der Waals surface area contributed by atoms with Crippen molar-refractivity contribution in [2.24, 2.45) is 0 Å². The van der Waals surface area contributed by atoms with Crippen LogP contribution >= 0.6 is 11.6 Å². The van der Waals surface area contributed by atoms with E-state index in [4.69, 9.17) is 21.1 Å². The fourth-order valence-electron chi connectivity index (χ4n) is 1.97. The maximum absolute atomic E-state index is 12.4. The molecular weight excluding hydrogens is 254 g/mol. The molecule has 1 aliphatic heterocycles. The zero-order valence-electron chi connectivity index (χ0n) is 10.3. The molecule has 1 fully saturated rings. The third-order valence-corrected chi connectivity index (χ3v) is 3.34. The van der Waals surface area contributed by atoms with Gasteiger partial charge < -0.3 is 14.4 Å². The third kappa shape index (κ3) is 2.76. The van der Waals surface area contributed by atoms with Gasteiger partial charge in [-0.25, -0.2) is 0 Å². The summed E-state index contributed by atoms with van der Waals surface area (Å²) in [6, 6.07) is 7.09. The van der Waals surface area contributed by atoms with Crippen LogP contribution < -0.4 is 4.74 Å². The first-order valence-corrected chi connectivity index (χ1v) is 6.38. The predicted octanol–water partition coefficient (Wildman–Crippen LogP) is 1.77. The van der Waals surface area contributed by atoms with E-state index in [1.807, 2.05) is 12.1 Å². The van der Waals surface area contributed by atoms with E-state index >= 15 is 0 Å². The van der Waals surface area contributed by atoms with Gasteiger partial charge in [-0.2, -0.15) is 0 Å². The Balaban J connectivity index is 2.18. The molecule has 1 aromatic rings. The Morgan fingerprint density at radius 3 is 3.17 bits per heavy atom. The number of ether oxygens (including phenoxy) is 2. The van der Waals surface area contributed by atoms with Crippen LogP contribution in [0.25, 0.3) is 0 Å². The Kier molecular flexibility index (Phi) is 4.44. The summed E-state index contributed by atoms with van der Waals surface area (Å²) in [6.45, 7) is 1.63. The summed E-state index contributed by atoms with van der Waals surface area (Å²) in [7, 11) is 1.58. The van der Waals surface area contributed by atoms with Crippen molar-refractivity contribution >= 4 is 17.5 Å². The summed E-state index contributed by atoms with van der Waals surface area (Å²) in [6.07, 6.45) is 0. The zero-order chi connectivity index (χ0) is 13.0. The minimum atomic E-state index is -0.0564. The second-order valence-corrected chi connectivity index (χ2v) is 4.42. The molecule has 1 heterocycles. The van der Waals surface area contributed by atoms with Crippen molar-refractivity contribution < 1.29 is 14.3 Å². The molecule has 0 bridgehead atoms. The van der Waals surface area contributed by atoms with Gasteiger partial charge in [-0.05, 0) is 18.2 Å². The van der Waals surface area contributed by atoms with E-state index in [2.05, 4.69) is 0 Å². The summed E-state index contributed by atoms with van der Waals surface area (Å²) in [4.78, 5) is 14.2. The lowest BCUT2D eigenvalue weighted by Gasteiger charge is -2.34. The number of nitrogens with zero attached hydrogens (tertiary/aromatic N) is 1. The molecule has 1 amide bonds. The Hall–Kier alpha value is -1.26. The second-order valence-electron chi connectivity index (χ2n) is 4.11.